The summed E-state index contributed by atoms with van der Waals surface area (Å²) >= 11 is 0. The molecule has 0 unspecified atom stereocenters. The molecule has 148 valence electrons. The highest BCUT2D eigenvalue weighted by molar-refractivity contribution is 5.97. The second-order valence-electron chi connectivity index (χ2n) is 6.76. The molecule has 0 fully saturated rings. The molecular weight excluding hydrogens is 376 g/mol. The number of hydrazone groups is 1. The molecule has 5 nitrogen and oxygen atoms in total. The van der Waals surface area contributed by atoms with E-state index < -0.39 is 5.91 Å². The van der Waals surface area contributed by atoms with Gasteiger partial charge in [-0.2, -0.15) is 5.10 Å². The molecule has 0 atom stereocenters. The van der Waals surface area contributed by atoms with Crippen molar-refractivity contribution < 1.29 is 14.6 Å². The Kier molecular flexibility index (Phi) is 5.71. The molecular formula is C25H20N2O3. The molecule has 0 heterocycles. The molecule has 0 radical (unpaired) electrons. The zero-order valence-corrected chi connectivity index (χ0v) is 16.2. The van der Waals surface area contributed by atoms with Crippen LogP contribution in [0.1, 0.15) is 21.5 Å². The predicted octanol–water partition coefficient (Wildman–Crippen LogP) is 4.89. The van der Waals surface area contributed by atoms with Gasteiger partial charge in [0.05, 0.1) is 11.8 Å². The molecule has 0 aliphatic carbocycles. The Bertz CT molecular complexity index is 1200. The average molecular weight is 396 g/mol. The second-order valence-corrected chi connectivity index (χ2v) is 6.76. The third kappa shape index (κ3) is 4.64. The van der Waals surface area contributed by atoms with E-state index in [9.17, 15) is 9.90 Å². The number of phenolic OH excluding ortho intramolecular Hbond substituents is 1. The molecule has 2 N–H and O–H groups in total. The first-order valence-electron chi connectivity index (χ1n) is 9.51. The molecule has 5 heteroatoms. The van der Waals surface area contributed by atoms with Gasteiger partial charge in [0.25, 0.3) is 5.91 Å². The van der Waals surface area contributed by atoms with Crippen LogP contribution in [0.25, 0.3) is 10.8 Å². The summed E-state index contributed by atoms with van der Waals surface area (Å²) in [7, 11) is 0. The van der Waals surface area contributed by atoms with Crippen LogP contribution in [0.15, 0.2) is 96.1 Å². The lowest BCUT2D eigenvalue weighted by molar-refractivity contribution is 0.0952. The minimum absolute atomic E-state index is 0.0851. The van der Waals surface area contributed by atoms with E-state index in [2.05, 4.69) is 40.9 Å². The van der Waals surface area contributed by atoms with Crippen molar-refractivity contribution in [1.29, 1.82) is 0 Å². The topological polar surface area (TPSA) is 70.9 Å². The minimum Gasteiger partial charge on any atom is -0.507 e. The summed E-state index contributed by atoms with van der Waals surface area (Å²) in [5, 5.41) is 16.0. The molecule has 0 saturated heterocycles. The number of benzene rings is 4. The van der Waals surface area contributed by atoms with E-state index in [-0.39, 0.29) is 11.3 Å². The standard InChI is InChI=1S/C25H20N2O3/c28-24-8-4-3-7-23(24)25(29)27-26-16-18-10-13-22(14-11-18)30-17-19-9-12-20-5-1-2-6-21(20)15-19/h1-16,28H,17H2,(H,27,29)/b26-16-. The van der Waals surface area contributed by atoms with Gasteiger partial charge in [-0.1, -0.05) is 48.5 Å². The number of nitrogens with zero attached hydrogens (tertiary/aromatic N) is 1. The first-order chi connectivity index (χ1) is 14.7. The highest BCUT2D eigenvalue weighted by Gasteiger charge is 2.08. The summed E-state index contributed by atoms with van der Waals surface area (Å²) in [6.07, 6.45) is 1.53. The van der Waals surface area contributed by atoms with Crippen LogP contribution >= 0.6 is 0 Å². The summed E-state index contributed by atoms with van der Waals surface area (Å²) < 4.78 is 5.87. The van der Waals surface area contributed by atoms with Crippen molar-refractivity contribution >= 4 is 22.9 Å². The molecule has 0 aliphatic heterocycles. The molecule has 0 spiro atoms. The lowest BCUT2D eigenvalue weighted by Gasteiger charge is -2.07. The van der Waals surface area contributed by atoms with Gasteiger partial charge in [-0.25, -0.2) is 5.43 Å². The molecule has 0 bridgehead atoms. The number of phenols is 1. The highest BCUT2D eigenvalue weighted by atomic mass is 16.5. The smallest absolute Gasteiger partial charge is 0.275 e. The number of nitrogens with one attached hydrogen (secondary N) is 1. The van der Waals surface area contributed by atoms with Gasteiger partial charge in [0.1, 0.15) is 18.1 Å². The molecule has 0 aromatic heterocycles. The maximum absolute atomic E-state index is 12.0. The van der Waals surface area contributed by atoms with Crippen LogP contribution in [-0.2, 0) is 6.61 Å². The molecule has 4 rings (SSSR count). The van der Waals surface area contributed by atoms with Gasteiger partial charge in [0, 0.05) is 0 Å². The number of para-hydroxylation sites is 1. The van der Waals surface area contributed by atoms with Crippen molar-refractivity contribution in [2.75, 3.05) is 0 Å². The number of carbonyl (C=O) groups excluding carboxylic acids is 1. The van der Waals surface area contributed by atoms with Crippen molar-refractivity contribution in [3.63, 3.8) is 0 Å². The van der Waals surface area contributed by atoms with E-state index in [0.717, 1.165) is 16.9 Å². The van der Waals surface area contributed by atoms with Crippen LogP contribution in [0, 0.1) is 0 Å². The number of hydrogen-bond donors (Lipinski definition) is 2. The summed E-state index contributed by atoms with van der Waals surface area (Å²) in [4.78, 5) is 12.0. The van der Waals surface area contributed by atoms with Crippen LogP contribution in [0.5, 0.6) is 11.5 Å². The Hall–Kier alpha value is -4.12. The first-order valence-corrected chi connectivity index (χ1v) is 9.51. The van der Waals surface area contributed by atoms with Crippen molar-refractivity contribution in [1.82, 2.24) is 5.43 Å². The lowest BCUT2D eigenvalue weighted by atomic mass is 10.1. The number of ether oxygens (including phenoxy) is 1. The number of amides is 1. The van der Waals surface area contributed by atoms with Crippen molar-refractivity contribution in [3.05, 3.63) is 108 Å². The monoisotopic (exact) mass is 396 g/mol. The summed E-state index contributed by atoms with van der Waals surface area (Å²) in [5.41, 5.74) is 4.49. The van der Waals surface area contributed by atoms with Gasteiger partial charge in [-0.3, -0.25) is 4.79 Å². The van der Waals surface area contributed by atoms with E-state index in [1.165, 1.54) is 29.1 Å². The summed E-state index contributed by atoms with van der Waals surface area (Å²) in [6.45, 7) is 0.481. The van der Waals surface area contributed by atoms with E-state index in [1.807, 2.05) is 36.4 Å². The van der Waals surface area contributed by atoms with Crippen molar-refractivity contribution in [3.8, 4) is 11.5 Å². The van der Waals surface area contributed by atoms with Crippen LogP contribution in [0.2, 0.25) is 0 Å². The van der Waals surface area contributed by atoms with E-state index >= 15 is 0 Å². The second kappa shape index (κ2) is 8.92. The molecule has 30 heavy (non-hydrogen) atoms. The SMILES string of the molecule is O=C(N/N=C\c1ccc(OCc2ccc3ccccc3c2)cc1)c1ccccc1O. The Morgan fingerprint density at radius 3 is 2.43 bits per heavy atom. The quantitative estimate of drug-likeness (QED) is 0.360. The largest absolute Gasteiger partial charge is 0.507 e. The zero-order chi connectivity index (χ0) is 20.8. The zero-order valence-electron chi connectivity index (χ0n) is 16.2. The van der Waals surface area contributed by atoms with E-state index in [1.54, 1.807) is 12.1 Å². The minimum atomic E-state index is -0.473. The summed E-state index contributed by atoms with van der Waals surface area (Å²) in [6, 6.07) is 28.2. The Labute approximate surface area is 174 Å². The number of rotatable bonds is 6. The van der Waals surface area contributed by atoms with Crippen LogP contribution in [0.4, 0.5) is 0 Å². The average Bonchev–Trinajstić information content (AvgIpc) is 2.78. The molecule has 0 saturated carbocycles. The van der Waals surface area contributed by atoms with Gasteiger partial charge >= 0.3 is 0 Å². The van der Waals surface area contributed by atoms with Crippen LogP contribution in [-0.4, -0.2) is 17.2 Å². The maximum atomic E-state index is 12.0. The lowest BCUT2D eigenvalue weighted by Crippen LogP contribution is -2.17. The fraction of sp³-hybridized carbons (Fsp3) is 0.0400. The molecule has 4 aromatic carbocycles. The van der Waals surface area contributed by atoms with Crippen molar-refractivity contribution in [2.45, 2.75) is 6.61 Å². The fourth-order valence-electron chi connectivity index (χ4n) is 3.04. The number of carbonyl (C=O) groups is 1. The van der Waals surface area contributed by atoms with Gasteiger partial charge in [0.15, 0.2) is 0 Å². The molecule has 0 aliphatic rings. The number of hydrogen-bond acceptors (Lipinski definition) is 4. The van der Waals surface area contributed by atoms with Gasteiger partial charge in [0.2, 0.25) is 0 Å². The molecule has 4 aromatic rings. The normalized spacial score (nSPS) is 10.9. The fourth-order valence-corrected chi connectivity index (χ4v) is 3.04. The van der Waals surface area contributed by atoms with Crippen LogP contribution < -0.4 is 10.2 Å². The van der Waals surface area contributed by atoms with Crippen molar-refractivity contribution in [2.24, 2.45) is 5.10 Å². The van der Waals surface area contributed by atoms with Gasteiger partial charge < -0.3 is 9.84 Å². The Balaban J connectivity index is 1.32. The van der Waals surface area contributed by atoms with E-state index in [0.29, 0.717) is 6.61 Å². The summed E-state index contributed by atoms with van der Waals surface area (Å²) in [5.74, 6) is 0.191. The highest BCUT2D eigenvalue weighted by Crippen LogP contribution is 2.18. The number of aromatic hydroxyl groups is 1. The van der Waals surface area contributed by atoms with Gasteiger partial charge in [-0.05, 0) is 64.4 Å². The third-order valence-electron chi connectivity index (χ3n) is 4.63. The van der Waals surface area contributed by atoms with Gasteiger partial charge in [-0.15, -0.1) is 0 Å². The number of fused-ring (bicyclic) bond motifs is 1. The van der Waals surface area contributed by atoms with E-state index in [4.69, 9.17) is 4.74 Å². The first kappa shape index (κ1) is 19.2. The molecule has 1 amide bonds. The maximum Gasteiger partial charge on any atom is 0.275 e. The predicted molar refractivity (Wildman–Crippen MR) is 118 cm³/mol. The Morgan fingerprint density at radius 2 is 1.63 bits per heavy atom. The third-order valence-corrected chi connectivity index (χ3v) is 4.63. The Morgan fingerprint density at radius 1 is 0.900 bits per heavy atom. The van der Waals surface area contributed by atoms with Crippen LogP contribution in [0.3, 0.4) is 0 Å².